The molecule has 3 heteroatoms. The van der Waals surface area contributed by atoms with Crippen LogP contribution in [0.4, 0.5) is 5.69 Å². The first-order valence-corrected chi connectivity index (χ1v) is 6.14. The molecule has 1 aliphatic heterocycles. The fourth-order valence-electron chi connectivity index (χ4n) is 2.41. The monoisotopic (exact) mass is 231 g/mol. The fraction of sp³-hybridized carbons (Fsp3) is 0.500. The van der Waals surface area contributed by atoms with Gasteiger partial charge in [-0.2, -0.15) is 5.10 Å². The van der Waals surface area contributed by atoms with Crippen LogP contribution in [0, 0.1) is 20.8 Å². The van der Waals surface area contributed by atoms with E-state index in [0.29, 0.717) is 6.04 Å². The quantitative estimate of drug-likeness (QED) is 0.779. The number of anilines is 1. The first kappa shape index (κ1) is 12.0. The van der Waals surface area contributed by atoms with Gasteiger partial charge in [0, 0.05) is 11.7 Å². The molecule has 0 aromatic heterocycles. The Labute approximate surface area is 104 Å². The SMILES string of the molecule is Cc1cc(C)c(N2C=NN(C(C)C)C2)c(C)c1. The molecule has 0 radical (unpaired) electrons. The number of rotatable bonds is 2. The average molecular weight is 231 g/mol. The van der Waals surface area contributed by atoms with Crippen molar-refractivity contribution in [2.24, 2.45) is 5.10 Å². The van der Waals surface area contributed by atoms with E-state index in [9.17, 15) is 0 Å². The maximum atomic E-state index is 4.43. The number of benzene rings is 1. The van der Waals surface area contributed by atoms with Crippen LogP contribution >= 0.6 is 0 Å². The van der Waals surface area contributed by atoms with Crippen molar-refractivity contribution < 1.29 is 0 Å². The summed E-state index contributed by atoms with van der Waals surface area (Å²) in [6, 6.07) is 4.91. The molecule has 0 saturated heterocycles. The van der Waals surface area contributed by atoms with Gasteiger partial charge in [0.2, 0.25) is 0 Å². The number of hydrazone groups is 1. The standard InChI is InChI=1S/C14H21N3/c1-10(2)17-9-16(8-15-17)14-12(4)6-11(3)7-13(14)5/h6-8,10H,9H2,1-5H3. The van der Waals surface area contributed by atoms with Crippen molar-refractivity contribution in [1.29, 1.82) is 0 Å². The Morgan fingerprint density at radius 1 is 1.12 bits per heavy atom. The van der Waals surface area contributed by atoms with Gasteiger partial charge in [-0.05, 0) is 45.7 Å². The first-order valence-electron chi connectivity index (χ1n) is 6.14. The molecule has 0 unspecified atom stereocenters. The summed E-state index contributed by atoms with van der Waals surface area (Å²) >= 11 is 0. The molecule has 1 heterocycles. The van der Waals surface area contributed by atoms with Crippen LogP contribution in [-0.2, 0) is 0 Å². The van der Waals surface area contributed by atoms with Gasteiger partial charge in [-0.1, -0.05) is 17.7 Å². The van der Waals surface area contributed by atoms with Gasteiger partial charge in [0.25, 0.3) is 0 Å². The Bertz CT molecular complexity index is 426. The van der Waals surface area contributed by atoms with E-state index < -0.39 is 0 Å². The van der Waals surface area contributed by atoms with Crippen molar-refractivity contribution in [3.05, 3.63) is 28.8 Å². The van der Waals surface area contributed by atoms with E-state index >= 15 is 0 Å². The molecule has 0 N–H and O–H groups in total. The summed E-state index contributed by atoms with van der Waals surface area (Å²) in [5, 5.41) is 6.53. The first-order chi connectivity index (χ1) is 7.99. The highest BCUT2D eigenvalue weighted by Gasteiger charge is 2.20. The zero-order chi connectivity index (χ0) is 12.6. The van der Waals surface area contributed by atoms with Crippen LogP contribution in [0.3, 0.4) is 0 Å². The number of nitrogens with zero attached hydrogens (tertiary/aromatic N) is 3. The summed E-state index contributed by atoms with van der Waals surface area (Å²) in [5.41, 5.74) is 5.25. The van der Waals surface area contributed by atoms with Crippen molar-refractivity contribution in [2.45, 2.75) is 40.7 Å². The highest BCUT2D eigenvalue weighted by molar-refractivity contribution is 5.83. The molecular weight excluding hydrogens is 210 g/mol. The van der Waals surface area contributed by atoms with Gasteiger partial charge in [0.15, 0.2) is 0 Å². The predicted molar refractivity (Wildman–Crippen MR) is 73.5 cm³/mol. The van der Waals surface area contributed by atoms with Crippen LogP contribution in [-0.4, -0.2) is 24.1 Å². The second-order valence-corrected chi connectivity index (χ2v) is 5.12. The Hall–Kier alpha value is -1.51. The van der Waals surface area contributed by atoms with Gasteiger partial charge in [0.1, 0.15) is 13.0 Å². The van der Waals surface area contributed by atoms with E-state index in [1.54, 1.807) is 0 Å². The Morgan fingerprint density at radius 2 is 1.71 bits per heavy atom. The molecule has 2 rings (SSSR count). The Morgan fingerprint density at radius 3 is 2.18 bits per heavy atom. The van der Waals surface area contributed by atoms with Crippen LogP contribution in [0.15, 0.2) is 17.2 Å². The molecule has 92 valence electrons. The predicted octanol–water partition coefficient (Wildman–Crippen LogP) is 3.04. The minimum atomic E-state index is 0.447. The molecule has 0 fully saturated rings. The molecule has 0 saturated carbocycles. The molecule has 3 nitrogen and oxygen atoms in total. The topological polar surface area (TPSA) is 18.8 Å². The van der Waals surface area contributed by atoms with Gasteiger partial charge < -0.3 is 4.90 Å². The summed E-state index contributed by atoms with van der Waals surface area (Å²) in [5.74, 6) is 0. The maximum absolute atomic E-state index is 4.43. The normalized spacial score (nSPS) is 15.2. The highest BCUT2D eigenvalue weighted by Crippen LogP contribution is 2.27. The van der Waals surface area contributed by atoms with E-state index in [0.717, 1.165) is 6.67 Å². The summed E-state index contributed by atoms with van der Waals surface area (Å²) < 4.78 is 0. The highest BCUT2D eigenvalue weighted by atomic mass is 15.6. The lowest BCUT2D eigenvalue weighted by atomic mass is 10.0. The van der Waals surface area contributed by atoms with Crippen molar-refractivity contribution in [1.82, 2.24) is 5.01 Å². The van der Waals surface area contributed by atoms with Crippen LogP contribution in [0.1, 0.15) is 30.5 Å². The van der Waals surface area contributed by atoms with Crippen LogP contribution in [0.25, 0.3) is 0 Å². The maximum Gasteiger partial charge on any atom is 0.117 e. The van der Waals surface area contributed by atoms with Crippen LogP contribution in [0.2, 0.25) is 0 Å². The molecule has 0 amide bonds. The second kappa shape index (κ2) is 4.40. The zero-order valence-electron chi connectivity index (χ0n) is 11.4. The molecule has 0 atom stereocenters. The third-order valence-corrected chi connectivity index (χ3v) is 3.16. The van der Waals surface area contributed by atoms with Gasteiger partial charge in [-0.25, -0.2) is 0 Å². The third-order valence-electron chi connectivity index (χ3n) is 3.16. The van der Waals surface area contributed by atoms with Crippen molar-refractivity contribution in [2.75, 3.05) is 11.6 Å². The molecule has 1 aromatic rings. The molecule has 0 spiro atoms. The van der Waals surface area contributed by atoms with Crippen molar-refractivity contribution in [3.8, 4) is 0 Å². The van der Waals surface area contributed by atoms with E-state index in [4.69, 9.17) is 0 Å². The average Bonchev–Trinajstić information content (AvgIpc) is 2.65. The summed E-state index contributed by atoms with van der Waals surface area (Å²) in [4.78, 5) is 2.23. The number of hydrogen-bond acceptors (Lipinski definition) is 3. The third kappa shape index (κ3) is 2.28. The van der Waals surface area contributed by atoms with Gasteiger partial charge >= 0.3 is 0 Å². The van der Waals surface area contributed by atoms with Gasteiger partial charge in [-0.15, -0.1) is 0 Å². The van der Waals surface area contributed by atoms with Crippen molar-refractivity contribution in [3.63, 3.8) is 0 Å². The van der Waals surface area contributed by atoms with E-state index in [2.05, 4.69) is 61.8 Å². The lowest BCUT2D eigenvalue weighted by molar-refractivity contribution is 0.258. The van der Waals surface area contributed by atoms with E-state index in [-0.39, 0.29) is 0 Å². The summed E-state index contributed by atoms with van der Waals surface area (Å²) in [6.07, 6.45) is 1.94. The molecule has 0 bridgehead atoms. The minimum Gasteiger partial charge on any atom is -0.311 e. The summed E-state index contributed by atoms with van der Waals surface area (Å²) in [6.45, 7) is 11.7. The smallest absolute Gasteiger partial charge is 0.117 e. The van der Waals surface area contributed by atoms with Crippen LogP contribution in [0.5, 0.6) is 0 Å². The zero-order valence-corrected chi connectivity index (χ0v) is 11.4. The Balaban J connectivity index is 2.29. The van der Waals surface area contributed by atoms with E-state index in [1.165, 1.54) is 22.4 Å². The largest absolute Gasteiger partial charge is 0.311 e. The van der Waals surface area contributed by atoms with Gasteiger partial charge in [0.05, 0.1) is 0 Å². The lowest BCUT2D eigenvalue weighted by Crippen LogP contribution is -2.31. The fourth-order valence-corrected chi connectivity index (χ4v) is 2.41. The second-order valence-electron chi connectivity index (χ2n) is 5.12. The minimum absolute atomic E-state index is 0.447. The molecular formula is C14H21N3. The van der Waals surface area contributed by atoms with Gasteiger partial charge in [-0.3, -0.25) is 5.01 Å². The molecule has 17 heavy (non-hydrogen) atoms. The number of hydrogen-bond donors (Lipinski definition) is 0. The lowest BCUT2D eigenvalue weighted by Gasteiger charge is -2.24. The molecule has 0 aliphatic carbocycles. The Kier molecular flexibility index (Phi) is 3.09. The van der Waals surface area contributed by atoms with Crippen LogP contribution < -0.4 is 4.90 Å². The summed E-state index contributed by atoms with van der Waals surface area (Å²) in [7, 11) is 0. The van der Waals surface area contributed by atoms with Crippen molar-refractivity contribution >= 4 is 12.0 Å². The van der Waals surface area contributed by atoms with E-state index in [1.807, 2.05) is 6.34 Å². The molecule has 1 aliphatic rings. The number of aryl methyl sites for hydroxylation is 3. The molecule has 1 aromatic carbocycles.